The molecule has 0 aromatic heterocycles. The molecule has 6 nitrogen and oxygen atoms in total. The summed E-state index contributed by atoms with van der Waals surface area (Å²) in [6.45, 7) is 1.20. The van der Waals surface area contributed by atoms with E-state index in [1.807, 2.05) is 6.07 Å². The van der Waals surface area contributed by atoms with Crippen LogP contribution >= 0.6 is 0 Å². The SMILES string of the molecule is Cc1ccc2c(c1F)CN(CC(=O)NCc1ccc(C#N)cc1F)C(=O)N2. The first-order valence-electron chi connectivity index (χ1n) is 8.18. The van der Waals surface area contributed by atoms with Gasteiger partial charge in [-0.05, 0) is 30.7 Å². The van der Waals surface area contributed by atoms with Crippen LogP contribution in [0.15, 0.2) is 30.3 Å². The Morgan fingerprint density at radius 3 is 2.81 bits per heavy atom. The number of nitriles is 1. The summed E-state index contributed by atoms with van der Waals surface area (Å²) in [6, 6.07) is 8.46. The van der Waals surface area contributed by atoms with Gasteiger partial charge >= 0.3 is 6.03 Å². The van der Waals surface area contributed by atoms with E-state index in [2.05, 4.69) is 10.6 Å². The summed E-state index contributed by atoms with van der Waals surface area (Å²) in [5.74, 6) is -1.53. The molecule has 2 aromatic carbocycles. The second kappa shape index (κ2) is 7.41. The van der Waals surface area contributed by atoms with Crippen molar-refractivity contribution in [2.45, 2.75) is 20.0 Å². The molecule has 0 radical (unpaired) electrons. The standard InChI is InChI=1S/C19H16F2N4O2/c1-11-2-5-16-14(18(11)21)9-25(19(27)24-16)10-17(26)23-8-13-4-3-12(7-22)6-15(13)20/h2-6H,8-10H2,1H3,(H,23,26)(H,24,27). The molecule has 0 saturated heterocycles. The molecule has 0 spiro atoms. The number of nitrogens with one attached hydrogen (secondary N) is 2. The maximum Gasteiger partial charge on any atom is 0.322 e. The lowest BCUT2D eigenvalue weighted by molar-refractivity contribution is -0.121. The first-order chi connectivity index (χ1) is 12.9. The van der Waals surface area contributed by atoms with Gasteiger partial charge in [0.25, 0.3) is 0 Å². The Morgan fingerprint density at radius 1 is 1.33 bits per heavy atom. The molecule has 27 heavy (non-hydrogen) atoms. The summed E-state index contributed by atoms with van der Waals surface area (Å²) >= 11 is 0. The van der Waals surface area contributed by atoms with E-state index in [0.717, 1.165) is 6.07 Å². The van der Waals surface area contributed by atoms with Crippen molar-refractivity contribution in [3.63, 3.8) is 0 Å². The van der Waals surface area contributed by atoms with Gasteiger partial charge in [0, 0.05) is 17.7 Å². The number of carbonyl (C=O) groups excluding carboxylic acids is 2. The molecule has 0 bridgehead atoms. The molecule has 0 unspecified atom stereocenters. The minimum absolute atomic E-state index is 0.0344. The van der Waals surface area contributed by atoms with Gasteiger partial charge in [0.15, 0.2) is 0 Å². The Balaban J connectivity index is 1.63. The molecule has 1 aliphatic rings. The normalized spacial score (nSPS) is 12.8. The van der Waals surface area contributed by atoms with Crippen LogP contribution in [0.25, 0.3) is 0 Å². The van der Waals surface area contributed by atoms with Gasteiger partial charge < -0.3 is 15.5 Å². The summed E-state index contributed by atoms with van der Waals surface area (Å²) in [5.41, 5.74) is 1.56. The van der Waals surface area contributed by atoms with E-state index in [1.165, 1.54) is 17.0 Å². The second-order valence-electron chi connectivity index (χ2n) is 6.20. The van der Waals surface area contributed by atoms with E-state index in [1.54, 1.807) is 19.1 Å². The summed E-state index contributed by atoms with van der Waals surface area (Å²) in [5, 5.41) is 13.8. The summed E-state index contributed by atoms with van der Waals surface area (Å²) in [4.78, 5) is 25.4. The minimum Gasteiger partial charge on any atom is -0.350 e. The van der Waals surface area contributed by atoms with Crippen LogP contribution in [0, 0.1) is 29.9 Å². The van der Waals surface area contributed by atoms with Gasteiger partial charge in [0.05, 0.1) is 23.9 Å². The van der Waals surface area contributed by atoms with Crippen LogP contribution < -0.4 is 10.6 Å². The van der Waals surface area contributed by atoms with Crippen LogP contribution in [0.2, 0.25) is 0 Å². The number of carbonyl (C=O) groups is 2. The van der Waals surface area contributed by atoms with Crippen molar-refractivity contribution in [2.24, 2.45) is 0 Å². The molecule has 0 atom stereocenters. The van der Waals surface area contributed by atoms with Gasteiger partial charge in [-0.15, -0.1) is 0 Å². The fourth-order valence-corrected chi connectivity index (χ4v) is 2.78. The van der Waals surface area contributed by atoms with Crippen molar-refractivity contribution in [1.29, 1.82) is 5.26 Å². The average Bonchev–Trinajstić information content (AvgIpc) is 2.65. The molecule has 1 aliphatic heterocycles. The van der Waals surface area contributed by atoms with Crippen molar-refractivity contribution < 1.29 is 18.4 Å². The number of hydrogen-bond donors (Lipinski definition) is 2. The fraction of sp³-hybridized carbons (Fsp3) is 0.211. The lowest BCUT2D eigenvalue weighted by atomic mass is 10.1. The summed E-state index contributed by atoms with van der Waals surface area (Å²) in [7, 11) is 0. The predicted molar refractivity (Wildman–Crippen MR) is 93.5 cm³/mol. The molecule has 0 fully saturated rings. The lowest BCUT2D eigenvalue weighted by Crippen LogP contribution is -2.45. The fourth-order valence-electron chi connectivity index (χ4n) is 2.78. The molecule has 2 N–H and O–H groups in total. The molecule has 3 amide bonds. The van der Waals surface area contributed by atoms with Gasteiger partial charge in [-0.25, -0.2) is 13.6 Å². The number of aryl methyl sites for hydroxylation is 1. The topological polar surface area (TPSA) is 85.2 Å². The Hall–Kier alpha value is -3.47. The number of rotatable bonds is 4. The molecule has 0 saturated carbocycles. The first kappa shape index (κ1) is 18.3. The first-order valence-corrected chi connectivity index (χ1v) is 8.18. The van der Waals surface area contributed by atoms with Crippen molar-refractivity contribution in [1.82, 2.24) is 10.2 Å². The van der Waals surface area contributed by atoms with Crippen molar-refractivity contribution in [3.05, 3.63) is 64.2 Å². The number of nitrogens with zero attached hydrogens (tertiary/aromatic N) is 2. The van der Waals surface area contributed by atoms with Gasteiger partial charge in [-0.3, -0.25) is 4.79 Å². The van der Waals surface area contributed by atoms with Crippen LogP contribution in [0.1, 0.15) is 22.3 Å². The van der Waals surface area contributed by atoms with Crippen molar-refractivity contribution >= 4 is 17.6 Å². The highest BCUT2D eigenvalue weighted by molar-refractivity contribution is 5.95. The highest BCUT2D eigenvalue weighted by Crippen LogP contribution is 2.27. The number of amides is 3. The third-order valence-corrected chi connectivity index (χ3v) is 4.31. The van der Waals surface area contributed by atoms with Crippen molar-refractivity contribution in [2.75, 3.05) is 11.9 Å². The van der Waals surface area contributed by atoms with E-state index in [9.17, 15) is 18.4 Å². The van der Waals surface area contributed by atoms with Gasteiger partial charge in [0.1, 0.15) is 18.2 Å². The van der Waals surface area contributed by atoms with Gasteiger partial charge in [-0.2, -0.15) is 5.26 Å². The molecule has 1 heterocycles. The second-order valence-corrected chi connectivity index (χ2v) is 6.20. The maximum absolute atomic E-state index is 14.3. The predicted octanol–water partition coefficient (Wildman–Crippen LogP) is 2.81. The number of anilines is 1. The Labute approximate surface area is 154 Å². The minimum atomic E-state index is -0.600. The van der Waals surface area contributed by atoms with Crippen LogP contribution in [0.4, 0.5) is 19.3 Å². The highest BCUT2D eigenvalue weighted by Gasteiger charge is 2.27. The maximum atomic E-state index is 14.3. The molecule has 3 rings (SSSR count). The number of benzene rings is 2. The monoisotopic (exact) mass is 370 g/mol. The van der Waals surface area contributed by atoms with Crippen LogP contribution in [-0.2, 0) is 17.9 Å². The Bertz CT molecular complexity index is 969. The number of hydrogen-bond acceptors (Lipinski definition) is 3. The van der Waals surface area contributed by atoms with Crippen molar-refractivity contribution in [3.8, 4) is 6.07 Å². The van der Waals surface area contributed by atoms with Crippen LogP contribution in [0.5, 0.6) is 0 Å². The van der Waals surface area contributed by atoms with E-state index >= 15 is 0 Å². The number of fused-ring (bicyclic) bond motifs is 1. The van der Waals surface area contributed by atoms with E-state index in [-0.39, 0.29) is 30.8 Å². The molecule has 2 aromatic rings. The van der Waals surface area contributed by atoms with Gasteiger partial charge in [0.2, 0.25) is 5.91 Å². The van der Waals surface area contributed by atoms with Crippen LogP contribution in [0.3, 0.4) is 0 Å². The highest BCUT2D eigenvalue weighted by atomic mass is 19.1. The van der Waals surface area contributed by atoms with E-state index in [0.29, 0.717) is 16.8 Å². The third-order valence-electron chi connectivity index (χ3n) is 4.31. The van der Waals surface area contributed by atoms with Gasteiger partial charge in [-0.1, -0.05) is 12.1 Å². The Kier molecular flexibility index (Phi) is 5.03. The third kappa shape index (κ3) is 3.87. The lowest BCUT2D eigenvalue weighted by Gasteiger charge is -2.29. The zero-order valence-electron chi connectivity index (χ0n) is 14.5. The Morgan fingerprint density at radius 2 is 2.11 bits per heavy atom. The number of urea groups is 1. The largest absolute Gasteiger partial charge is 0.350 e. The van der Waals surface area contributed by atoms with E-state index < -0.39 is 23.6 Å². The summed E-state index contributed by atoms with van der Waals surface area (Å²) in [6.07, 6.45) is 0. The zero-order chi connectivity index (χ0) is 19.6. The quantitative estimate of drug-likeness (QED) is 0.868. The average molecular weight is 370 g/mol. The summed E-state index contributed by atoms with van der Waals surface area (Å²) < 4.78 is 28.1. The smallest absolute Gasteiger partial charge is 0.322 e. The molecular weight excluding hydrogens is 354 g/mol. The molecular formula is C19H16F2N4O2. The molecule has 138 valence electrons. The molecule has 0 aliphatic carbocycles. The van der Waals surface area contributed by atoms with Crippen LogP contribution in [-0.4, -0.2) is 23.4 Å². The van der Waals surface area contributed by atoms with E-state index in [4.69, 9.17) is 5.26 Å². The zero-order valence-corrected chi connectivity index (χ0v) is 14.5. The molecule has 8 heteroatoms. The number of halogens is 2.